The second-order valence-corrected chi connectivity index (χ2v) is 6.26. The fourth-order valence-corrected chi connectivity index (χ4v) is 3.59. The van der Waals surface area contributed by atoms with Gasteiger partial charge in [-0.15, -0.1) is 11.3 Å². The first kappa shape index (κ1) is 15.5. The summed E-state index contributed by atoms with van der Waals surface area (Å²) in [5.74, 6) is -1.20. The minimum absolute atomic E-state index is 0.0318. The predicted molar refractivity (Wildman–Crippen MR) is 88.4 cm³/mol. The Kier molecular flexibility index (Phi) is 4.29. The third-order valence-corrected chi connectivity index (χ3v) is 4.61. The van der Waals surface area contributed by atoms with E-state index in [2.05, 4.69) is 5.32 Å². The number of hydrogen-bond donors (Lipinski definition) is 2. The number of nitrogens with one attached hydrogen (secondary N) is 1. The van der Waals surface area contributed by atoms with Crippen molar-refractivity contribution in [3.63, 3.8) is 0 Å². The summed E-state index contributed by atoms with van der Waals surface area (Å²) in [4.78, 5) is 25.3. The maximum Gasteiger partial charge on any atom is 0.251 e. The number of para-hydroxylation sites is 1. The minimum Gasteiger partial charge on any atom is -0.366 e. The summed E-state index contributed by atoms with van der Waals surface area (Å²) >= 11 is 1.23. The average Bonchev–Trinajstić information content (AvgIpc) is 2.95. The lowest BCUT2D eigenvalue weighted by Gasteiger charge is -2.30. The zero-order valence-electron chi connectivity index (χ0n) is 12.3. The van der Waals surface area contributed by atoms with E-state index in [0.717, 1.165) is 18.4 Å². The first-order chi connectivity index (χ1) is 11.1. The number of nitrogens with two attached hydrogens (primary N) is 1. The molecule has 0 aliphatic carbocycles. The van der Waals surface area contributed by atoms with Crippen LogP contribution in [-0.2, 0) is 11.2 Å². The molecule has 0 saturated heterocycles. The van der Waals surface area contributed by atoms with E-state index < -0.39 is 5.91 Å². The van der Waals surface area contributed by atoms with Gasteiger partial charge in [-0.05, 0) is 35.9 Å². The number of hydrogen-bond acceptors (Lipinski definition) is 4. The Bertz CT molecular complexity index is 760. The molecule has 3 N–H and O–H groups in total. The van der Waals surface area contributed by atoms with E-state index in [1.165, 1.54) is 17.4 Å². The normalized spacial score (nSPS) is 13.5. The summed E-state index contributed by atoms with van der Waals surface area (Å²) in [5.41, 5.74) is 6.95. The zero-order chi connectivity index (χ0) is 16.4. The van der Waals surface area contributed by atoms with Crippen molar-refractivity contribution in [3.8, 4) is 0 Å². The number of aryl methyl sites for hydroxylation is 1. The van der Waals surface area contributed by atoms with Crippen molar-refractivity contribution in [2.75, 3.05) is 23.3 Å². The number of rotatable bonds is 4. The molecule has 2 amide bonds. The van der Waals surface area contributed by atoms with Gasteiger partial charge in [0.05, 0.1) is 17.8 Å². The molecule has 1 aromatic carbocycles. The number of anilines is 2. The summed E-state index contributed by atoms with van der Waals surface area (Å²) in [5, 5.41) is 4.79. The van der Waals surface area contributed by atoms with Gasteiger partial charge in [-0.25, -0.2) is 4.39 Å². The van der Waals surface area contributed by atoms with Gasteiger partial charge < -0.3 is 16.0 Å². The van der Waals surface area contributed by atoms with Crippen molar-refractivity contribution >= 4 is 33.8 Å². The smallest absolute Gasteiger partial charge is 0.251 e. The van der Waals surface area contributed by atoms with Gasteiger partial charge >= 0.3 is 0 Å². The van der Waals surface area contributed by atoms with Gasteiger partial charge in [0.25, 0.3) is 5.91 Å². The molecule has 0 bridgehead atoms. The van der Waals surface area contributed by atoms with Gasteiger partial charge in [0.15, 0.2) is 0 Å². The fraction of sp³-hybridized carbons (Fsp3) is 0.250. The third-order valence-electron chi connectivity index (χ3n) is 3.78. The Morgan fingerprint density at radius 3 is 2.96 bits per heavy atom. The average molecular weight is 333 g/mol. The Balaban J connectivity index is 1.75. The van der Waals surface area contributed by atoms with Crippen molar-refractivity contribution in [1.29, 1.82) is 0 Å². The van der Waals surface area contributed by atoms with Gasteiger partial charge in [-0.2, -0.15) is 0 Å². The molecule has 7 heteroatoms. The SMILES string of the molecule is NC(=O)c1ccsc1NC(=O)CN1CCCc2cccc(F)c21. The molecule has 1 aliphatic heterocycles. The van der Waals surface area contributed by atoms with Crippen LogP contribution in [0.4, 0.5) is 15.1 Å². The second kappa shape index (κ2) is 6.37. The topological polar surface area (TPSA) is 75.4 Å². The van der Waals surface area contributed by atoms with Crippen molar-refractivity contribution in [1.82, 2.24) is 0 Å². The van der Waals surface area contributed by atoms with Crippen LogP contribution >= 0.6 is 11.3 Å². The molecule has 2 aromatic rings. The van der Waals surface area contributed by atoms with E-state index in [1.54, 1.807) is 22.4 Å². The second-order valence-electron chi connectivity index (χ2n) is 5.35. The zero-order valence-corrected chi connectivity index (χ0v) is 13.2. The minimum atomic E-state index is -0.587. The van der Waals surface area contributed by atoms with Gasteiger partial charge in [0.1, 0.15) is 10.8 Å². The lowest BCUT2D eigenvalue weighted by Crippen LogP contribution is -2.37. The van der Waals surface area contributed by atoms with Gasteiger partial charge in [-0.3, -0.25) is 9.59 Å². The van der Waals surface area contributed by atoms with Crippen LogP contribution in [0.5, 0.6) is 0 Å². The summed E-state index contributed by atoms with van der Waals surface area (Å²) < 4.78 is 14.1. The van der Waals surface area contributed by atoms with Crippen LogP contribution in [0.15, 0.2) is 29.6 Å². The third kappa shape index (κ3) is 3.19. The largest absolute Gasteiger partial charge is 0.366 e. The maximum absolute atomic E-state index is 14.1. The number of nitrogens with zero attached hydrogens (tertiary/aromatic N) is 1. The molecule has 3 rings (SSSR count). The van der Waals surface area contributed by atoms with E-state index in [0.29, 0.717) is 17.2 Å². The summed E-state index contributed by atoms with van der Waals surface area (Å²) in [7, 11) is 0. The van der Waals surface area contributed by atoms with Crippen molar-refractivity contribution < 1.29 is 14.0 Å². The number of thiophene rings is 1. The number of carbonyl (C=O) groups excluding carboxylic acids is 2. The Hall–Kier alpha value is -2.41. The van der Waals surface area contributed by atoms with E-state index >= 15 is 0 Å². The van der Waals surface area contributed by atoms with Crippen molar-refractivity contribution in [3.05, 3.63) is 46.6 Å². The molecular weight excluding hydrogens is 317 g/mol. The summed E-state index contributed by atoms with van der Waals surface area (Å²) in [6.45, 7) is 0.651. The molecule has 0 saturated carbocycles. The molecule has 0 fully saturated rings. The number of amides is 2. The van der Waals surface area contributed by atoms with Crippen LogP contribution in [0, 0.1) is 5.82 Å². The number of primary amides is 1. The highest BCUT2D eigenvalue weighted by molar-refractivity contribution is 7.14. The van der Waals surface area contributed by atoms with Gasteiger partial charge in [-0.1, -0.05) is 12.1 Å². The fourth-order valence-electron chi connectivity index (χ4n) is 2.79. The van der Waals surface area contributed by atoms with Crippen molar-refractivity contribution in [2.45, 2.75) is 12.8 Å². The van der Waals surface area contributed by atoms with Gasteiger partial charge in [0.2, 0.25) is 5.91 Å². The Labute approximate surface area is 136 Å². The number of benzene rings is 1. The molecule has 23 heavy (non-hydrogen) atoms. The lowest BCUT2D eigenvalue weighted by atomic mass is 10.0. The molecule has 1 aliphatic rings. The van der Waals surface area contributed by atoms with Gasteiger partial charge in [0, 0.05) is 6.54 Å². The lowest BCUT2D eigenvalue weighted by molar-refractivity contribution is -0.115. The molecule has 1 aromatic heterocycles. The van der Waals surface area contributed by atoms with E-state index in [4.69, 9.17) is 5.73 Å². The highest BCUT2D eigenvalue weighted by Crippen LogP contribution is 2.30. The molecule has 2 heterocycles. The molecule has 0 radical (unpaired) electrons. The molecule has 0 spiro atoms. The Morgan fingerprint density at radius 2 is 2.17 bits per heavy atom. The Morgan fingerprint density at radius 1 is 1.35 bits per heavy atom. The van der Waals surface area contributed by atoms with E-state index in [9.17, 15) is 14.0 Å². The van der Waals surface area contributed by atoms with Crippen LogP contribution in [0.2, 0.25) is 0 Å². The first-order valence-corrected chi connectivity index (χ1v) is 8.13. The number of carbonyl (C=O) groups is 2. The molecule has 120 valence electrons. The number of fused-ring (bicyclic) bond motifs is 1. The monoisotopic (exact) mass is 333 g/mol. The highest BCUT2D eigenvalue weighted by Gasteiger charge is 2.23. The highest BCUT2D eigenvalue weighted by atomic mass is 32.1. The van der Waals surface area contributed by atoms with Crippen LogP contribution in [-0.4, -0.2) is 24.9 Å². The van der Waals surface area contributed by atoms with Crippen LogP contribution in [0.25, 0.3) is 0 Å². The standard InChI is InChI=1S/C16H16FN3O2S/c17-12-5-1-3-10-4-2-7-20(14(10)12)9-13(21)19-16-11(15(18)22)6-8-23-16/h1,3,5-6,8H,2,4,7,9H2,(H2,18,22)(H,19,21). The first-order valence-electron chi connectivity index (χ1n) is 7.25. The quantitative estimate of drug-likeness (QED) is 0.902. The molecule has 0 unspecified atom stereocenters. The molecule has 5 nitrogen and oxygen atoms in total. The summed E-state index contributed by atoms with van der Waals surface area (Å²) in [6.07, 6.45) is 1.68. The molecular formula is C16H16FN3O2S. The van der Waals surface area contributed by atoms with Crippen LogP contribution in [0.3, 0.4) is 0 Å². The van der Waals surface area contributed by atoms with E-state index in [-0.39, 0.29) is 23.8 Å². The summed E-state index contributed by atoms with van der Waals surface area (Å²) in [6, 6.07) is 6.54. The molecule has 0 atom stereocenters. The van der Waals surface area contributed by atoms with Crippen molar-refractivity contribution in [2.24, 2.45) is 5.73 Å². The maximum atomic E-state index is 14.1. The van der Waals surface area contributed by atoms with Crippen LogP contribution in [0.1, 0.15) is 22.3 Å². The van der Waals surface area contributed by atoms with Crippen LogP contribution < -0.4 is 16.0 Å². The number of halogens is 1. The predicted octanol–water partition coefficient (Wildman–Crippen LogP) is 2.38. The van der Waals surface area contributed by atoms with E-state index in [1.807, 2.05) is 6.07 Å².